The lowest BCUT2D eigenvalue weighted by molar-refractivity contribution is 0.102. The Balaban J connectivity index is 1.60. The van der Waals surface area contributed by atoms with E-state index in [9.17, 15) is 9.18 Å². The summed E-state index contributed by atoms with van der Waals surface area (Å²) in [6.07, 6.45) is 0. The Morgan fingerprint density at radius 2 is 1.84 bits per heavy atom. The molecule has 0 spiro atoms. The Morgan fingerprint density at radius 1 is 1.12 bits per heavy atom. The van der Waals surface area contributed by atoms with Crippen LogP contribution in [0.2, 0.25) is 0 Å². The van der Waals surface area contributed by atoms with Gasteiger partial charge in [-0.15, -0.1) is 10.2 Å². The van der Waals surface area contributed by atoms with Crippen molar-refractivity contribution in [3.8, 4) is 17.2 Å². The molecule has 1 heterocycles. The number of Topliss-reactive ketones (excluding diaryl/α,β-unsaturated/α-hetero) is 1. The molecule has 0 amide bonds. The Labute approximate surface area is 148 Å². The standard InChI is InChI=1S/C18H15FN2O3S/c1-2-23-15-9-5-12(6-10-15)16(22)11-25-18-21-20-17(24-18)13-3-7-14(19)8-4-13/h3-10H,2,11H2,1H3. The zero-order valence-corrected chi connectivity index (χ0v) is 14.3. The molecule has 7 heteroatoms. The molecular formula is C18H15FN2O3S. The molecule has 0 saturated heterocycles. The number of carbonyl (C=O) groups excluding carboxylic acids is 1. The molecule has 25 heavy (non-hydrogen) atoms. The number of hydrogen-bond donors (Lipinski definition) is 0. The largest absolute Gasteiger partial charge is 0.494 e. The van der Waals surface area contributed by atoms with Crippen molar-refractivity contribution in [2.24, 2.45) is 0 Å². The molecule has 128 valence electrons. The predicted molar refractivity (Wildman–Crippen MR) is 92.4 cm³/mol. The molecule has 0 aliphatic carbocycles. The van der Waals surface area contributed by atoms with Crippen LogP contribution in [0.1, 0.15) is 17.3 Å². The van der Waals surface area contributed by atoms with E-state index in [0.717, 1.165) is 17.5 Å². The lowest BCUT2D eigenvalue weighted by Crippen LogP contribution is -2.02. The summed E-state index contributed by atoms with van der Waals surface area (Å²) in [4.78, 5) is 12.2. The van der Waals surface area contributed by atoms with Gasteiger partial charge in [0.1, 0.15) is 11.6 Å². The fourth-order valence-electron chi connectivity index (χ4n) is 2.09. The number of hydrogen-bond acceptors (Lipinski definition) is 6. The molecule has 0 bridgehead atoms. The van der Waals surface area contributed by atoms with Gasteiger partial charge < -0.3 is 9.15 Å². The third-order valence-corrected chi connectivity index (χ3v) is 4.13. The molecule has 0 aliphatic rings. The summed E-state index contributed by atoms with van der Waals surface area (Å²) in [6, 6.07) is 12.7. The van der Waals surface area contributed by atoms with E-state index in [-0.39, 0.29) is 23.2 Å². The maximum Gasteiger partial charge on any atom is 0.277 e. The average molecular weight is 358 g/mol. The first-order valence-electron chi connectivity index (χ1n) is 7.64. The van der Waals surface area contributed by atoms with Gasteiger partial charge in [-0.3, -0.25) is 4.79 Å². The highest BCUT2D eigenvalue weighted by Gasteiger charge is 2.12. The highest BCUT2D eigenvalue weighted by atomic mass is 32.2. The maximum absolute atomic E-state index is 12.9. The molecule has 2 aromatic carbocycles. The number of carbonyl (C=O) groups is 1. The molecule has 3 rings (SSSR count). The molecule has 0 fully saturated rings. The van der Waals surface area contributed by atoms with Crippen molar-refractivity contribution in [1.29, 1.82) is 0 Å². The van der Waals surface area contributed by atoms with Crippen molar-refractivity contribution in [2.75, 3.05) is 12.4 Å². The quantitative estimate of drug-likeness (QED) is 0.465. The smallest absolute Gasteiger partial charge is 0.277 e. The molecule has 0 radical (unpaired) electrons. The van der Waals surface area contributed by atoms with Crippen LogP contribution in [0.3, 0.4) is 0 Å². The van der Waals surface area contributed by atoms with Gasteiger partial charge in [0.05, 0.1) is 12.4 Å². The highest BCUT2D eigenvalue weighted by molar-refractivity contribution is 7.99. The molecule has 0 saturated carbocycles. The topological polar surface area (TPSA) is 65.2 Å². The summed E-state index contributed by atoms with van der Waals surface area (Å²) < 4.78 is 23.8. The summed E-state index contributed by atoms with van der Waals surface area (Å²) in [5.41, 5.74) is 1.22. The molecule has 3 aromatic rings. The zero-order valence-electron chi connectivity index (χ0n) is 13.4. The molecule has 5 nitrogen and oxygen atoms in total. The Kier molecular flexibility index (Phi) is 5.45. The minimum atomic E-state index is -0.334. The second-order valence-corrected chi connectivity index (χ2v) is 5.98. The van der Waals surface area contributed by atoms with E-state index in [1.54, 1.807) is 36.4 Å². The van der Waals surface area contributed by atoms with Crippen LogP contribution >= 0.6 is 11.8 Å². The lowest BCUT2D eigenvalue weighted by Gasteiger charge is -2.03. The lowest BCUT2D eigenvalue weighted by atomic mass is 10.1. The van der Waals surface area contributed by atoms with E-state index in [0.29, 0.717) is 23.0 Å². The van der Waals surface area contributed by atoms with Crippen LogP contribution in [0.25, 0.3) is 11.5 Å². The maximum atomic E-state index is 12.9. The number of aromatic nitrogens is 2. The van der Waals surface area contributed by atoms with Crippen LogP contribution in [0.5, 0.6) is 5.75 Å². The molecule has 0 atom stereocenters. The van der Waals surface area contributed by atoms with Crippen LogP contribution in [0.15, 0.2) is 58.2 Å². The first-order chi connectivity index (χ1) is 12.2. The van der Waals surface area contributed by atoms with Crippen LogP contribution in [-0.4, -0.2) is 28.3 Å². The van der Waals surface area contributed by atoms with Gasteiger partial charge >= 0.3 is 0 Å². The van der Waals surface area contributed by atoms with Gasteiger partial charge in [0.15, 0.2) is 5.78 Å². The Bertz CT molecular complexity index is 848. The van der Waals surface area contributed by atoms with Gasteiger partial charge in [0.25, 0.3) is 5.22 Å². The first kappa shape index (κ1) is 17.2. The van der Waals surface area contributed by atoms with E-state index >= 15 is 0 Å². The summed E-state index contributed by atoms with van der Waals surface area (Å²) in [5, 5.41) is 8.10. The number of nitrogens with zero attached hydrogens (tertiary/aromatic N) is 2. The number of rotatable bonds is 7. The van der Waals surface area contributed by atoms with Crippen molar-refractivity contribution in [2.45, 2.75) is 12.1 Å². The summed E-state index contributed by atoms with van der Waals surface area (Å²) >= 11 is 1.16. The summed E-state index contributed by atoms with van der Waals surface area (Å²) in [5.74, 6) is 0.816. The average Bonchev–Trinajstić information content (AvgIpc) is 3.10. The third-order valence-electron chi connectivity index (χ3n) is 3.31. The number of thioether (sulfide) groups is 1. The first-order valence-corrected chi connectivity index (χ1v) is 8.62. The molecular weight excluding hydrogens is 343 g/mol. The van der Waals surface area contributed by atoms with Gasteiger partial charge in [-0.1, -0.05) is 11.8 Å². The van der Waals surface area contributed by atoms with E-state index in [1.807, 2.05) is 6.92 Å². The van der Waals surface area contributed by atoms with Crippen molar-refractivity contribution >= 4 is 17.5 Å². The van der Waals surface area contributed by atoms with Crippen molar-refractivity contribution in [3.63, 3.8) is 0 Å². The van der Waals surface area contributed by atoms with Crippen LogP contribution in [0, 0.1) is 5.82 Å². The minimum Gasteiger partial charge on any atom is -0.494 e. The van der Waals surface area contributed by atoms with Crippen molar-refractivity contribution in [3.05, 3.63) is 59.9 Å². The number of benzene rings is 2. The van der Waals surface area contributed by atoms with Crippen LogP contribution < -0.4 is 4.74 Å². The Morgan fingerprint density at radius 3 is 2.52 bits per heavy atom. The SMILES string of the molecule is CCOc1ccc(C(=O)CSc2nnc(-c3ccc(F)cc3)o2)cc1. The number of ether oxygens (including phenoxy) is 1. The Hall–Kier alpha value is -2.67. The van der Waals surface area contributed by atoms with E-state index in [4.69, 9.17) is 9.15 Å². The van der Waals surface area contributed by atoms with Crippen LogP contribution in [0.4, 0.5) is 4.39 Å². The molecule has 0 unspecified atom stereocenters. The normalized spacial score (nSPS) is 10.6. The number of ketones is 1. The third kappa shape index (κ3) is 4.45. The van der Waals surface area contributed by atoms with E-state index < -0.39 is 0 Å². The van der Waals surface area contributed by atoms with Crippen molar-refractivity contribution in [1.82, 2.24) is 10.2 Å². The van der Waals surface area contributed by atoms with E-state index in [2.05, 4.69) is 10.2 Å². The molecule has 0 aliphatic heterocycles. The van der Waals surface area contributed by atoms with Gasteiger partial charge in [0, 0.05) is 11.1 Å². The zero-order chi connectivity index (χ0) is 17.6. The van der Waals surface area contributed by atoms with Crippen LogP contribution in [-0.2, 0) is 0 Å². The second kappa shape index (κ2) is 7.94. The van der Waals surface area contributed by atoms with Gasteiger partial charge in [-0.25, -0.2) is 4.39 Å². The second-order valence-electron chi connectivity index (χ2n) is 5.05. The van der Waals surface area contributed by atoms with Gasteiger partial charge in [0.2, 0.25) is 5.89 Å². The minimum absolute atomic E-state index is 0.0467. The summed E-state index contributed by atoms with van der Waals surface area (Å²) in [7, 11) is 0. The highest BCUT2D eigenvalue weighted by Crippen LogP contribution is 2.24. The molecule has 1 aromatic heterocycles. The van der Waals surface area contributed by atoms with E-state index in [1.165, 1.54) is 12.1 Å². The predicted octanol–water partition coefficient (Wildman–Crippen LogP) is 4.25. The van der Waals surface area contributed by atoms with Gasteiger partial charge in [-0.05, 0) is 55.5 Å². The monoisotopic (exact) mass is 358 g/mol. The van der Waals surface area contributed by atoms with Gasteiger partial charge in [-0.2, -0.15) is 0 Å². The number of halogens is 1. The fourth-order valence-corrected chi connectivity index (χ4v) is 2.75. The molecule has 0 N–H and O–H groups in total. The van der Waals surface area contributed by atoms with Crippen molar-refractivity contribution < 1.29 is 18.3 Å². The fraction of sp³-hybridized carbons (Fsp3) is 0.167. The summed E-state index contributed by atoms with van der Waals surface area (Å²) in [6.45, 7) is 2.48.